The summed E-state index contributed by atoms with van der Waals surface area (Å²) in [6.07, 6.45) is 1.15. The van der Waals surface area contributed by atoms with E-state index < -0.39 is 5.97 Å². The average molecular weight is 266 g/mol. The van der Waals surface area contributed by atoms with Gasteiger partial charge < -0.3 is 14.6 Å². The van der Waals surface area contributed by atoms with E-state index in [4.69, 9.17) is 14.6 Å². The number of carbonyl (C=O) groups is 1. The van der Waals surface area contributed by atoms with Crippen LogP contribution in [0.1, 0.15) is 43.1 Å². The summed E-state index contributed by atoms with van der Waals surface area (Å²) in [5.74, 6) is -0.0409. The molecule has 0 heterocycles. The second kappa shape index (κ2) is 7.14. The molecule has 0 saturated carbocycles. The van der Waals surface area contributed by atoms with E-state index >= 15 is 0 Å². The van der Waals surface area contributed by atoms with Crippen molar-refractivity contribution in [3.8, 4) is 5.75 Å². The van der Waals surface area contributed by atoms with Gasteiger partial charge in [0.25, 0.3) is 0 Å². The van der Waals surface area contributed by atoms with Crippen molar-refractivity contribution in [2.75, 3.05) is 7.11 Å². The summed E-state index contributed by atoms with van der Waals surface area (Å²) in [4.78, 5) is 11.1. The Labute approximate surface area is 114 Å². The summed E-state index contributed by atoms with van der Waals surface area (Å²) in [6, 6.07) is 5.09. The Morgan fingerprint density at radius 3 is 2.53 bits per heavy atom. The van der Waals surface area contributed by atoms with Crippen LogP contribution in [-0.4, -0.2) is 24.3 Å². The Balaban J connectivity index is 2.69. The second-order valence-corrected chi connectivity index (χ2v) is 5.09. The summed E-state index contributed by atoms with van der Waals surface area (Å²) in [5, 5.41) is 9.10. The van der Waals surface area contributed by atoms with Crippen LogP contribution in [0.15, 0.2) is 18.2 Å². The minimum Gasteiger partial charge on any atom is -0.496 e. The Kier molecular flexibility index (Phi) is 5.83. The van der Waals surface area contributed by atoms with Gasteiger partial charge in [0.05, 0.1) is 19.8 Å². The van der Waals surface area contributed by atoms with Gasteiger partial charge in [-0.3, -0.25) is 0 Å². The first-order valence-electron chi connectivity index (χ1n) is 6.45. The molecule has 0 amide bonds. The van der Waals surface area contributed by atoms with Gasteiger partial charge in [-0.15, -0.1) is 0 Å². The van der Waals surface area contributed by atoms with Crippen LogP contribution in [0.5, 0.6) is 5.75 Å². The maximum Gasteiger partial charge on any atom is 0.339 e. The van der Waals surface area contributed by atoms with Crippen molar-refractivity contribution in [3.05, 3.63) is 29.3 Å². The highest BCUT2D eigenvalue weighted by Gasteiger charge is 2.12. The first kappa shape index (κ1) is 15.5. The SMILES string of the molecule is COc1ccc(COC(C)CC(C)C)cc1C(=O)O. The van der Waals surface area contributed by atoms with Crippen molar-refractivity contribution < 1.29 is 19.4 Å². The van der Waals surface area contributed by atoms with Gasteiger partial charge in [0.2, 0.25) is 0 Å². The number of rotatable bonds is 7. The van der Waals surface area contributed by atoms with Crippen LogP contribution in [0.2, 0.25) is 0 Å². The highest BCUT2D eigenvalue weighted by Crippen LogP contribution is 2.21. The molecule has 0 aliphatic heterocycles. The Morgan fingerprint density at radius 1 is 1.32 bits per heavy atom. The van der Waals surface area contributed by atoms with Gasteiger partial charge in [0, 0.05) is 0 Å². The molecule has 0 aliphatic rings. The molecule has 0 spiro atoms. The number of benzene rings is 1. The van der Waals surface area contributed by atoms with E-state index in [1.807, 2.05) is 13.0 Å². The molecule has 1 unspecified atom stereocenters. The fraction of sp³-hybridized carbons (Fsp3) is 0.533. The van der Waals surface area contributed by atoms with Crippen LogP contribution >= 0.6 is 0 Å². The van der Waals surface area contributed by atoms with Crippen LogP contribution < -0.4 is 4.74 Å². The lowest BCUT2D eigenvalue weighted by atomic mass is 10.1. The number of carboxylic acids is 1. The number of methoxy groups -OCH3 is 1. The molecular formula is C15H22O4. The molecule has 0 saturated heterocycles. The van der Waals surface area contributed by atoms with Crippen LogP contribution in [0.4, 0.5) is 0 Å². The topological polar surface area (TPSA) is 55.8 Å². The van der Waals surface area contributed by atoms with Gasteiger partial charge in [-0.2, -0.15) is 0 Å². The lowest BCUT2D eigenvalue weighted by Crippen LogP contribution is -2.11. The summed E-state index contributed by atoms with van der Waals surface area (Å²) in [6.45, 7) is 6.74. The number of ether oxygens (including phenoxy) is 2. The van der Waals surface area contributed by atoms with E-state index in [-0.39, 0.29) is 11.7 Å². The van der Waals surface area contributed by atoms with E-state index in [1.54, 1.807) is 12.1 Å². The van der Waals surface area contributed by atoms with Gasteiger partial charge in [-0.1, -0.05) is 19.9 Å². The summed E-state index contributed by atoms with van der Waals surface area (Å²) in [5.41, 5.74) is 1.01. The smallest absolute Gasteiger partial charge is 0.339 e. The largest absolute Gasteiger partial charge is 0.496 e. The lowest BCUT2D eigenvalue weighted by Gasteiger charge is -2.15. The van der Waals surface area contributed by atoms with Crippen molar-refractivity contribution in [1.29, 1.82) is 0 Å². The highest BCUT2D eigenvalue weighted by atomic mass is 16.5. The Bertz CT molecular complexity index is 426. The van der Waals surface area contributed by atoms with Crippen molar-refractivity contribution >= 4 is 5.97 Å². The third-order valence-corrected chi connectivity index (χ3v) is 2.83. The molecule has 19 heavy (non-hydrogen) atoms. The summed E-state index contributed by atoms with van der Waals surface area (Å²) < 4.78 is 10.7. The quantitative estimate of drug-likeness (QED) is 0.822. The molecule has 1 aromatic rings. The molecule has 4 heteroatoms. The molecule has 1 atom stereocenters. The summed E-state index contributed by atoms with van der Waals surface area (Å²) >= 11 is 0. The van der Waals surface area contributed by atoms with E-state index in [2.05, 4.69) is 13.8 Å². The van der Waals surface area contributed by atoms with Crippen LogP contribution in [0.3, 0.4) is 0 Å². The number of carboxylic acid groups (broad SMARTS) is 1. The third-order valence-electron chi connectivity index (χ3n) is 2.83. The Hall–Kier alpha value is -1.55. The average Bonchev–Trinajstić information content (AvgIpc) is 2.35. The number of hydrogen-bond acceptors (Lipinski definition) is 3. The third kappa shape index (κ3) is 4.91. The molecule has 1 N–H and O–H groups in total. The first-order chi connectivity index (χ1) is 8.93. The van der Waals surface area contributed by atoms with Gasteiger partial charge in [0.1, 0.15) is 11.3 Å². The molecule has 4 nitrogen and oxygen atoms in total. The Morgan fingerprint density at radius 2 is 2.00 bits per heavy atom. The zero-order valence-corrected chi connectivity index (χ0v) is 12.0. The molecule has 106 valence electrons. The van der Waals surface area contributed by atoms with E-state index in [1.165, 1.54) is 7.11 Å². The predicted octanol–water partition coefficient (Wildman–Crippen LogP) is 3.34. The van der Waals surface area contributed by atoms with Crippen LogP contribution in [-0.2, 0) is 11.3 Å². The van der Waals surface area contributed by atoms with Crippen molar-refractivity contribution in [1.82, 2.24) is 0 Å². The van der Waals surface area contributed by atoms with E-state index in [0.717, 1.165) is 12.0 Å². The number of aromatic carboxylic acids is 1. The van der Waals surface area contributed by atoms with Crippen LogP contribution in [0.25, 0.3) is 0 Å². The number of hydrogen-bond donors (Lipinski definition) is 1. The predicted molar refractivity (Wildman–Crippen MR) is 73.7 cm³/mol. The van der Waals surface area contributed by atoms with E-state index in [0.29, 0.717) is 18.3 Å². The maximum absolute atomic E-state index is 11.1. The molecule has 0 fully saturated rings. The van der Waals surface area contributed by atoms with Gasteiger partial charge >= 0.3 is 5.97 Å². The molecule has 0 bridgehead atoms. The van der Waals surface area contributed by atoms with Gasteiger partial charge in [-0.05, 0) is 37.0 Å². The summed E-state index contributed by atoms with van der Waals surface area (Å²) in [7, 11) is 1.46. The monoisotopic (exact) mass is 266 g/mol. The molecule has 0 radical (unpaired) electrons. The standard InChI is InChI=1S/C15H22O4/c1-10(2)7-11(3)19-9-12-5-6-14(18-4)13(8-12)15(16)17/h5-6,8,10-11H,7,9H2,1-4H3,(H,16,17). The zero-order valence-electron chi connectivity index (χ0n) is 12.0. The lowest BCUT2D eigenvalue weighted by molar-refractivity contribution is 0.0396. The fourth-order valence-electron chi connectivity index (χ4n) is 1.98. The van der Waals surface area contributed by atoms with E-state index in [9.17, 15) is 4.79 Å². The molecule has 1 aromatic carbocycles. The zero-order chi connectivity index (χ0) is 14.4. The molecule has 0 aromatic heterocycles. The molecular weight excluding hydrogens is 244 g/mol. The van der Waals surface area contributed by atoms with Crippen molar-refractivity contribution in [2.45, 2.75) is 39.9 Å². The van der Waals surface area contributed by atoms with Crippen molar-refractivity contribution in [2.24, 2.45) is 5.92 Å². The highest BCUT2D eigenvalue weighted by molar-refractivity contribution is 5.91. The second-order valence-electron chi connectivity index (χ2n) is 5.09. The fourth-order valence-corrected chi connectivity index (χ4v) is 1.98. The first-order valence-corrected chi connectivity index (χ1v) is 6.45. The van der Waals surface area contributed by atoms with Gasteiger partial charge in [-0.25, -0.2) is 4.79 Å². The van der Waals surface area contributed by atoms with Crippen LogP contribution in [0, 0.1) is 5.92 Å². The maximum atomic E-state index is 11.1. The molecule has 1 rings (SSSR count). The normalized spacial score (nSPS) is 12.5. The minimum absolute atomic E-state index is 0.162. The molecule has 0 aliphatic carbocycles. The van der Waals surface area contributed by atoms with Gasteiger partial charge in [0.15, 0.2) is 0 Å². The van der Waals surface area contributed by atoms with Crippen molar-refractivity contribution in [3.63, 3.8) is 0 Å². The minimum atomic E-state index is -0.992.